The maximum absolute atomic E-state index is 13.6. The summed E-state index contributed by atoms with van der Waals surface area (Å²) in [7, 11) is 0. The lowest BCUT2D eigenvalue weighted by Crippen LogP contribution is -2.48. The molecule has 37 heavy (non-hydrogen) atoms. The average Bonchev–Trinajstić information content (AvgIpc) is 3.39. The number of ether oxygens (including phenoxy) is 1. The van der Waals surface area contributed by atoms with E-state index in [9.17, 15) is 4.79 Å². The molecule has 5 heteroatoms. The highest BCUT2D eigenvalue weighted by atomic mass is 16.5. The molecule has 1 N–H and O–H groups in total. The standard InChI is InChI=1S/C32H37N3O2/c1-3-25-12-9-15-28-30(22-33-32(25)28)29(21-31(36)35-18-16-34(4-2)17-19-35)26-13-8-14-27(20-26)37-23-24-10-6-5-7-11-24/h5-15,20,22,29,33H,3-4,16-19,21,23H2,1-2H3/t29-/m0/s1. The normalized spacial score (nSPS) is 15.1. The maximum atomic E-state index is 13.6. The Kier molecular flexibility index (Phi) is 7.90. The van der Waals surface area contributed by atoms with Crippen molar-refractivity contribution in [3.8, 4) is 5.75 Å². The molecule has 0 unspecified atom stereocenters. The van der Waals surface area contributed by atoms with Crippen molar-refractivity contribution in [1.29, 1.82) is 0 Å². The summed E-state index contributed by atoms with van der Waals surface area (Å²) in [5, 5.41) is 1.20. The zero-order chi connectivity index (χ0) is 25.6. The number of hydrogen-bond acceptors (Lipinski definition) is 3. The molecule has 1 saturated heterocycles. The van der Waals surface area contributed by atoms with Gasteiger partial charge in [-0.25, -0.2) is 0 Å². The largest absolute Gasteiger partial charge is 0.489 e. The smallest absolute Gasteiger partial charge is 0.223 e. The molecular formula is C32H37N3O2. The van der Waals surface area contributed by atoms with Crippen molar-refractivity contribution in [2.45, 2.75) is 39.2 Å². The Labute approximate surface area is 220 Å². The first-order valence-electron chi connectivity index (χ1n) is 13.5. The van der Waals surface area contributed by atoms with Crippen LogP contribution in [0.4, 0.5) is 0 Å². The zero-order valence-electron chi connectivity index (χ0n) is 22.0. The van der Waals surface area contributed by atoms with E-state index in [0.717, 1.165) is 56.0 Å². The number of H-pyrrole nitrogens is 1. The monoisotopic (exact) mass is 495 g/mol. The second-order valence-electron chi connectivity index (χ2n) is 9.86. The van der Waals surface area contributed by atoms with Gasteiger partial charge in [-0.1, -0.05) is 74.5 Å². The predicted octanol–water partition coefficient (Wildman–Crippen LogP) is 6.00. The van der Waals surface area contributed by atoms with E-state index in [1.165, 1.54) is 22.0 Å². The number of likely N-dealkylation sites (N-methyl/N-ethyl adjacent to an activating group) is 1. The van der Waals surface area contributed by atoms with Crippen LogP contribution in [-0.2, 0) is 17.8 Å². The number of piperazine rings is 1. The van der Waals surface area contributed by atoms with Crippen molar-refractivity contribution < 1.29 is 9.53 Å². The molecule has 1 atom stereocenters. The van der Waals surface area contributed by atoms with Crippen molar-refractivity contribution in [2.24, 2.45) is 0 Å². The molecule has 192 valence electrons. The van der Waals surface area contributed by atoms with E-state index < -0.39 is 0 Å². The Bertz CT molecular complexity index is 1320. The van der Waals surface area contributed by atoms with Gasteiger partial charge < -0.3 is 19.5 Å². The third kappa shape index (κ3) is 5.72. The Balaban J connectivity index is 1.44. The number of rotatable bonds is 9. The Morgan fingerprint density at radius 1 is 0.946 bits per heavy atom. The molecule has 4 aromatic rings. The zero-order valence-corrected chi connectivity index (χ0v) is 22.0. The lowest BCUT2D eigenvalue weighted by atomic mass is 9.87. The quantitative estimate of drug-likeness (QED) is 0.310. The molecule has 5 nitrogen and oxygen atoms in total. The third-order valence-corrected chi connectivity index (χ3v) is 7.65. The number of para-hydroxylation sites is 1. The number of hydrogen-bond donors (Lipinski definition) is 1. The molecule has 1 aromatic heterocycles. The second kappa shape index (κ2) is 11.7. The summed E-state index contributed by atoms with van der Waals surface area (Å²) in [4.78, 5) is 21.6. The average molecular weight is 496 g/mol. The van der Waals surface area contributed by atoms with Crippen molar-refractivity contribution in [3.63, 3.8) is 0 Å². The van der Waals surface area contributed by atoms with Crippen LogP contribution in [0.3, 0.4) is 0 Å². The summed E-state index contributed by atoms with van der Waals surface area (Å²) in [5.74, 6) is 0.986. The highest BCUT2D eigenvalue weighted by molar-refractivity contribution is 5.88. The number of fused-ring (bicyclic) bond motifs is 1. The number of nitrogens with one attached hydrogen (secondary N) is 1. The van der Waals surface area contributed by atoms with E-state index in [2.05, 4.69) is 72.4 Å². The van der Waals surface area contributed by atoms with Gasteiger partial charge in [-0.3, -0.25) is 4.79 Å². The molecule has 1 fully saturated rings. The molecule has 0 aliphatic carbocycles. The number of aromatic nitrogens is 1. The number of aromatic amines is 1. The molecule has 1 aliphatic heterocycles. The van der Waals surface area contributed by atoms with Crippen LogP contribution in [-0.4, -0.2) is 53.4 Å². The second-order valence-corrected chi connectivity index (χ2v) is 9.86. The molecule has 3 aromatic carbocycles. The van der Waals surface area contributed by atoms with Crippen molar-refractivity contribution >= 4 is 16.8 Å². The fraction of sp³-hybridized carbons (Fsp3) is 0.344. The van der Waals surface area contributed by atoms with E-state index in [4.69, 9.17) is 4.74 Å². The van der Waals surface area contributed by atoms with Crippen LogP contribution < -0.4 is 4.74 Å². The molecule has 0 bridgehead atoms. The minimum Gasteiger partial charge on any atom is -0.489 e. The van der Waals surface area contributed by atoms with Gasteiger partial charge in [0.25, 0.3) is 0 Å². The highest BCUT2D eigenvalue weighted by Crippen LogP contribution is 2.36. The minimum atomic E-state index is -0.0576. The van der Waals surface area contributed by atoms with Crippen LogP contribution in [0.15, 0.2) is 79.0 Å². The van der Waals surface area contributed by atoms with Gasteiger partial charge >= 0.3 is 0 Å². The van der Waals surface area contributed by atoms with Gasteiger partial charge in [0.1, 0.15) is 12.4 Å². The number of nitrogens with zero attached hydrogens (tertiary/aromatic N) is 2. The Hall–Kier alpha value is -3.57. The number of amides is 1. The summed E-state index contributed by atoms with van der Waals surface area (Å²) < 4.78 is 6.16. The Morgan fingerprint density at radius 2 is 1.73 bits per heavy atom. The topological polar surface area (TPSA) is 48.6 Å². The van der Waals surface area contributed by atoms with Crippen LogP contribution in [0.2, 0.25) is 0 Å². The molecule has 0 saturated carbocycles. The fourth-order valence-corrected chi connectivity index (χ4v) is 5.41. The summed E-state index contributed by atoms with van der Waals surface area (Å²) in [6, 6.07) is 25.0. The van der Waals surface area contributed by atoms with Crippen LogP contribution in [0.1, 0.15) is 48.4 Å². The van der Waals surface area contributed by atoms with E-state index in [-0.39, 0.29) is 11.8 Å². The van der Waals surface area contributed by atoms with Gasteiger partial charge in [0, 0.05) is 55.6 Å². The lowest BCUT2D eigenvalue weighted by Gasteiger charge is -2.35. The summed E-state index contributed by atoms with van der Waals surface area (Å²) in [6.45, 7) is 9.41. The van der Waals surface area contributed by atoms with Crippen LogP contribution in [0, 0.1) is 0 Å². The predicted molar refractivity (Wildman–Crippen MR) is 150 cm³/mol. The molecule has 2 heterocycles. The van der Waals surface area contributed by atoms with Crippen molar-refractivity contribution in [1.82, 2.24) is 14.8 Å². The highest BCUT2D eigenvalue weighted by Gasteiger charge is 2.27. The Morgan fingerprint density at radius 3 is 2.49 bits per heavy atom. The van der Waals surface area contributed by atoms with Crippen LogP contribution in [0.25, 0.3) is 10.9 Å². The van der Waals surface area contributed by atoms with E-state index >= 15 is 0 Å². The third-order valence-electron chi connectivity index (χ3n) is 7.65. The van der Waals surface area contributed by atoms with Crippen LogP contribution >= 0.6 is 0 Å². The van der Waals surface area contributed by atoms with Crippen LogP contribution in [0.5, 0.6) is 5.75 Å². The maximum Gasteiger partial charge on any atom is 0.223 e. The number of carbonyl (C=O) groups is 1. The molecular weight excluding hydrogens is 458 g/mol. The molecule has 0 spiro atoms. The molecule has 1 aliphatic rings. The van der Waals surface area contributed by atoms with E-state index in [0.29, 0.717) is 13.0 Å². The molecule has 0 radical (unpaired) electrons. The number of aryl methyl sites for hydroxylation is 1. The van der Waals surface area contributed by atoms with Gasteiger partial charge in [-0.05, 0) is 47.4 Å². The molecule has 5 rings (SSSR count). The van der Waals surface area contributed by atoms with Gasteiger partial charge in [-0.2, -0.15) is 0 Å². The first-order chi connectivity index (χ1) is 18.2. The van der Waals surface area contributed by atoms with Crippen molar-refractivity contribution in [2.75, 3.05) is 32.7 Å². The number of carbonyl (C=O) groups excluding carboxylic acids is 1. The summed E-state index contributed by atoms with van der Waals surface area (Å²) >= 11 is 0. The van der Waals surface area contributed by atoms with Gasteiger partial charge in [0.15, 0.2) is 0 Å². The van der Waals surface area contributed by atoms with Crippen molar-refractivity contribution in [3.05, 3.63) is 101 Å². The molecule has 1 amide bonds. The summed E-state index contributed by atoms with van der Waals surface area (Å²) in [6.07, 6.45) is 3.51. The van der Waals surface area contributed by atoms with Gasteiger partial charge in [-0.15, -0.1) is 0 Å². The lowest BCUT2D eigenvalue weighted by molar-refractivity contribution is -0.133. The van der Waals surface area contributed by atoms with Gasteiger partial charge in [0.2, 0.25) is 5.91 Å². The van der Waals surface area contributed by atoms with E-state index in [1.807, 2.05) is 35.2 Å². The SMILES string of the molecule is CCc1cccc2c([C@@H](CC(=O)N3CCN(CC)CC3)c3cccc(OCc4ccccc4)c3)c[nH]c12. The minimum absolute atomic E-state index is 0.0576. The number of benzene rings is 3. The summed E-state index contributed by atoms with van der Waals surface area (Å²) in [5.41, 5.74) is 5.88. The van der Waals surface area contributed by atoms with Gasteiger partial charge in [0.05, 0.1) is 0 Å². The first kappa shape index (κ1) is 25.1. The van der Waals surface area contributed by atoms with E-state index in [1.54, 1.807) is 0 Å². The first-order valence-corrected chi connectivity index (χ1v) is 13.5. The fourth-order valence-electron chi connectivity index (χ4n) is 5.41.